The quantitative estimate of drug-likeness (QED) is 0.429. The fourth-order valence-electron chi connectivity index (χ4n) is 3.25. The molecule has 0 radical (unpaired) electrons. The van der Waals surface area contributed by atoms with Crippen LogP contribution in [0.15, 0.2) is 51.3 Å². The van der Waals surface area contributed by atoms with E-state index in [4.69, 9.17) is 8.83 Å². The molecule has 2 heteroatoms. The zero-order chi connectivity index (χ0) is 13.1. The Labute approximate surface area is 115 Å². The highest BCUT2D eigenvalue weighted by molar-refractivity contribution is 6.20. The summed E-state index contributed by atoms with van der Waals surface area (Å²) in [6.07, 6.45) is 6.45. The lowest BCUT2D eigenvalue weighted by Gasteiger charge is -2.02. The fraction of sp³-hybridized carbons (Fsp3) is 0.111. The maximum atomic E-state index is 6.02. The lowest BCUT2D eigenvalue weighted by molar-refractivity contribution is 0.546. The molecule has 0 fully saturated rings. The molecule has 0 atom stereocenters. The first-order chi connectivity index (χ1) is 9.92. The van der Waals surface area contributed by atoms with Gasteiger partial charge in [-0.05, 0) is 24.6 Å². The lowest BCUT2D eigenvalue weighted by Crippen LogP contribution is -1.88. The largest absolute Gasteiger partial charge is 0.460 e. The molecule has 2 aromatic carbocycles. The number of benzene rings is 2. The summed E-state index contributed by atoms with van der Waals surface area (Å²) in [7, 11) is 0. The third-order valence-corrected chi connectivity index (χ3v) is 4.13. The van der Waals surface area contributed by atoms with E-state index in [1.54, 1.807) is 0 Å². The molecule has 5 rings (SSSR count). The Morgan fingerprint density at radius 3 is 2.60 bits per heavy atom. The molecule has 1 aliphatic rings. The van der Waals surface area contributed by atoms with E-state index in [9.17, 15) is 0 Å². The zero-order valence-corrected chi connectivity index (χ0v) is 10.8. The van der Waals surface area contributed by atoms with Gasteiger partial charge >= 0.3 is 0 Å². The van der Waals surface area contributed by atoms with Crippen LogP contribution in [0.4, 0.5) is 0 Å². The molecular formula is C18H12O2. The van der Waals surface area contributed by atoms with E-state index >= 15 is 0 Å². The number of allylic oxidation sites excluding steroid dienone is 1. The minimum absolute atomic E-state index is 0.932. The lowest BCUT2D eigenvalue weighted by atomic mass is 9.99. The number of fused-ring (bicyclic) bond motifs is 7. The third-order valence-electron chi connectivity index (χ3n) is 4.13. The number of hydrogen-bond donors (Lipinski definition) is 0. The van der Waals surface area contributed by atoms with E-state index in [2.05, 4.69) is 24.3 Å². The highest BCUT2D eigenvalue weighted by Crippen LogP contribution is 2.40. The Bertz CT molecular complexity index is 998. The molecule has 0 N–H and O–H groups in total. The van der Waals surface area contributed by atoms with Crippen molar-refractivity contribution < 1.29 is 8.83 Å². The molecule has 0 saturated carbocycles. The molecular weight excluding hydrogens is 248 g/mol. The monoisotopic (exact) mass is 260 g/mol. The van der Waals surface area contributed by atoms with Gasteiger partial charge in [-0.25, -0.2) is 0 Å². The van der Waals surface area contributed by atoms with Gasteiger partial charge in [0.05, 0.1) is 0 Å². The highest BCUT2D eigenvalue weighted by atomic mass is 16.3. The minimum Gasteiger partial charge on any atom is -0.460 e. The summed E-state index contributed by atoms with van der Waals surface area (Å²) in [5.74, 6) is 1.10. The summed E-state index contributed by atoms with van der Waals surface area (Å²) in [5.41, 5.74) is 4.05. The van der Waals surface area contributed by atoms with Crippen molar-refractivity contribution in [1.82, 2.24) is 0 Å². The minimum atomic E-state index is 0.932. The Kier molecular flexibility index (Phi) is 1.83. The van der Waals surface area contributed by atoms with Crippen LogP contribution >= 0.6 is 0 Å². The van der Waals surface area contributed by atoms with E-state index in [1.807, 2.05) is 24.3 Å². The SMILES string of the molecule is C1=Cc2c(oc3ccc4oc5ccccc5c4c23)CC1. The van der Waals surface area contributed by atoms with Crippen molar-refractivity contribution in [2.75, 3.05) is 0 Å². The number of furan rings is 2. The summed E-state index contributed by atoms with van der Waals surface area (Å²) in [6.45, 7) is 0. The number of rotatable bonds is 0. The molecule has 2 heterocycles. The van der Waals surface area contributed by atoms with Gasteiger partial charge in [-0.2, -0.15) is 0 Å². The number of aryl methyl sites for hydroxylation is 1. The molecule has 0 amide bonds. The van der Waals surface area contributed by atoms with Gasteiger partial charge < -0.3 is 8.83 Å². The maximum Gasteiger partial charge on any atom is 0.136 e. The predicted molar refractivity (Wildman–Crippen MR) is 80.8 cm³/mol. The van der Waals surface area contributed by atoms with Gasteiger partial charge in [-0.3, -0.25) is 0 Å². The number of hydrogen-bond acceptors (Lipinski definition) is 2. The summed E-state index contributed by atoms with van der Waals surface area (Å²) >= 11 is 0. The van der Waals surface area contributed by atoms with Crippen molar-refractivity contribution in [2.24, 2.45) is 0 Å². The normalized spacial score (nSPS) is 14.4. The number of para-hydroxylation sites is 1. The fourth-order valence-corrected chi connectivity index (χ4v) is 3.25. The average molecular weight is 260 g/mol. The van der Waals surface area contributed by atoms with Gasteiger partial charge in [0.15, 0.2) is 0 Å². The van der Waals surface area contributed by atoms with Crippen LogP contribution in [0.3, 0.4) is 0 Å². The first-order valence-electron chi connectivity index (χ1n) is 6.94. The van der Waals surface area contributed by atoms with Crippen LogP contribution in [0.25, 0.3) is 39.0 Å². The smallest absolute Gasteiger partial charge is 0.136 e. The van der Waals surface area contributed by atoms with E-state index in [-0.39, 0.29) is 0 Å². The van der Waals surface area contributed by atoms with Crippen LogP contribution < -0.4 is 0 Å². The van der Waals surface area contributed by atoms with Gasteiger partial charge in [-0.1, -0.05) is 30.4 Å². The Morgan fingerprint density at radius 2 is 1.65 bits per heavy atom. The molecule has 0 saturated heterocycles. The molecule has 4 aromatic rings. The molecule has 96 valence electrons. The van der Waals surface area contributed by atoms with Crippen LogP contribution in [0, 0.1) is 0 Å². The molecule has 1 aliphatic carbocycles. The average Bonchev–Trinajstić information content (AvgIpc) is 3.04. The van der Waals surface area contributed by atoms with Crippen molar-refractivity contribution >= 4 is 39.0 Å². The van der Waals surface area contributed by atoms with Crippen LogP contribution in [0.2, 0.25) is 0 Å². The Balaban J connectivity index is 2.10. The van der Waals surface area contributed by atoms with E-state index < -0.39 is 0 Å². The second kappa shape index (κ2) is 3.54. The standard InChI is InChI=1S/C18H12O2/c1-3-7-13-11(5-1)17-15(19-13)9-10-16-18(17)12-6-2-4-8-14(12)20-16/h1-3,5-7,9-10H,4,8H2. The molecule has 0 spiro atoms. The van der Waals surface area contributed by atoms with Crippen LogP contribution in [0.5, 0.6) is 0 Å². The second-order valence-corrected chi connectivity index (χ2v) is 5.29. The van der Waals surface area contributed by atoms with Gasteiger partial charge in [0.2, 0.25) is 0 Å². The first kappa shape index (κ1) is 10.3. The van der Waals surface area contributed by atoms with Gasteiger partial charge in [0.25, 0.3) is 0 Å². The van der Waals surface area contributed by atoms with Crippen LogP contribution in [0.1, 0.15) is 17.7 Å². The van der Waals surface area contributed by atoms with Crippen molar-refractivity contribution in [3.63, 3.8) is 0 Å². The Hall–Kier alpha value is -2.48. The molecule has 2 nitrogen and oxygen atoms in total. The first-order valence-corrected chi connectivity index (χ1v) is 6.94. The molecule has 0 bridgehead atoms. The van der Waals surface area contributed by atoms with E-state index in [0.29, 0.717) is 0 Å². The van der Waals surface area contributed by atoms with Crippen LogP contribution in [-0.4, -0.2) is 0 Å². The molecule has 0 aliphatic heterocycles. The predicted octanol–water partition coefficient (Wildman–Crippen LogP) is 5.29. The summed E-state index contributed by atoms with van der Waals surface area (Å²) in [4.78, 5) is 0. The summed E-state index contributed by atoms with van der Waals surface area (Å²) in [5, 5.41) is 3.53. The summed E-state index contributed by atoms with van der Waals surface area (Å²) < 4.78 is 12.0. The van der Waals surface area contributed by atoms with E-state index in [1.165, 1.54) is 16.3 Å². The van der Waals surface area contributed by atoms with E-state index in [0.717, 1.165) is 40.7 Å². The van der Waals surface area contributed by atoms with Gasteiger partial charge in [0, 0.05) is 28.1 Å². The molecule has 0 unspecified atom stereocenters. The topological polar surface area (TPSA) is 26.3 Å². The Morgan fingerprint density at radius 1 is 0.800 bits per heavy atom. The highest BCUT2D eigenvalue weighted by Gasteiger charge is 2.19. The second-order valence-electron chi connectivity index (χ2n) is 5.29. The van der Waals surface area contributed by atoms with Crippen molar-refractivity contribution in [1.29, 1.82) is 0 Å². The van der Waals surface area contributed by atoms with Gasteiger partial charge in [0.1, 0.15) is 22.5 Å². The van der Waals surface area contributed by atoms with Crippen LogP contribution in [-0.2, 0) is 6.42 Å². The van der Waals surface area contributed by atoms with Crippen molar-refractivity contribution in [2.45, 2.75) is 12.8 Å². The molecule has 2 aromatic heterocycles. The molecule has 20 heavy (non-hydrogen) atoms. The maximum absolute atomic E-state index is 6.02. The zero-order valence-electron chi connectivity index (χ0n) is 10.8. The van der Waals surface area contributed by atoms with Crippen molar-refractivity contribution in [3.8, 4) is 0 Å². The van der Waals surface area contributed by atoms with Gasteiger partial charge in [-0.15, -0.1) is 0 Å². The van der Waals surface area contributed by atoms with Crippen molar-refractivity contribution in [3.05, 3.63) is 53.8 Å². The third kappa shape index (κ3) is 1.19. The summed E-state index contributed by atoms with van der Waals surface area (Å²) in [6, 6.07) is 12.2.